The van der Waals surface area contributed by atoms with Crippen LogP contribution in [-0.2, 0) is 14.6 Å². The van der Waals surface area contributed by atoms with Crippen molar-refractivity contribution in [2.75, 3.05) is 11.5 Å². The molecule has 1 aromatic carbocycles. The number of sulfone groups is 1. The fourth-order valence-electron chi connectivity index (χ4n) is 3.11. The van der Waals surface area contributed by atoms with Crippen LogP contribution in [0.2, 0.25) is 0 Å². The molecule has 0 aliphatic carbocycles. The summed E-state index contributed by atoms with van der Waals surface area (Å²) in [7, 11) is -3.07. The maximum atomic E-state index is 12.6. The van der Waals surface area contributed by atoms with E-state index < -0.39 is 15.8 Å². The van der Waals surface area contributed by atoms with Gasteiger partial charge in [-0.25, -0.2) is 8.42 Å². The molecular formula is C19H23NO3S2. The highest BCUT2D eigenvalue weighted by Crippen LogP contribution is 2.29. The average Bonchev–Trinajstić information content (AvgIpc) is 3.22. The summed E-state index contributed by atoms with van der Waals surface area (Å²) in [6, 6.07) is 12.0. The third kappa shape index (κ3) is 4.30. The molecule has 0 saturated carbocycles. The molecule has 0 bridgehead atoms. The van der Waals surface area contributed by atoms with Crippen LogP contribution in [-0.4, -0.2) is 25.8 Å². The first-order valence-electron chi connectivity index (χ1n) is 8.50. The molecule has 2 atom stereocenters. The van der Waals surface area contributed by atoms with E-state index in [1.165, 1.54) is 5.56 Å². The summed E-state index contributed by atoms with van der Waals surface area (Å²) in [5.41, 5.74) is 2.27. The Morgan fingerprint density at radius 1 is 1.16 bits per heavy atom. The Hall–Kier alpha value is -1.66. The molecule has 2 aromatic rings. The minimum Gasteiger partial charge on any atom is -0.344 e. The van der Waals surface area contributed by atoms with Gasteiger partial charge >= 0.3 is 0 Å². The van der Waals surface area contributed by atoms with Crippen molar-refractivity contribution in [3.05, 3.63) is 57.8 Å². The van der Waals surface area contributed by atoms with Crippen molar-refractivity contribution in [1.82, 2.24) is 5.32 Å². The minimum atomic E-state index is -3.07. The van der Waals surface area contributed by atoms with Crippen LogP contribution in [0.15, 0.2) is 41.8 Å². The maximum absolute atomic E-state index is 12.6. The predicted octanol–water partition coefficient (Wildman–Crippen LogP) is 3.51. The molecular weight excluding hydrogens is 354 g/mol. The van der Waals surface area contributed by atoms with E-state index in [1.54, 1.807) is 11.3 Å². The fourth-order valence-corrected chi connectivity index (χ4v) is 5.65. The zero-order valence-electron chi connectivity index (χ0n) is 14.4. The van der Waals surface area contributed by atoms with Crippen LogP contribution in [0.5, 0.6) is 0 Å². The van der Waals surface area contributed by atoms with Crippen molar-refractivity contribution >= 4 is 27.1 Å². The van der Waals surface area contributed by atoms with E-state index in [-0.39, 0.29) is 23.5 Å². The van der Waals surface area contributed by atoms with E-state index >= 15 is 0 Å². The zero-order chi connectivity index (χ0) is 18.0. The van der Waals surface area contributed by atoms with Gasteiger partial charge in [0, 0.05) is 4.88 Å². The highest BCUT2D eigenvalue weighted by atomic mass is 32.2. The van der Waals surface area contributed by atoms with E-state index in [4.69, 9.17) is 0 Å². The Bertz CT molecular complexity index is 824. The number of hydrogen-bond acceptors (Lipinski definition) is 4. The molecule has 1 aliphatic rings. The molecule has 0 spiro atoms. The van der Waals surface area contributed by atoms with Gasteiger partial charge in [0.15, 0.2) is 9.84 Å². The number of thiophene rings is 1. The second kappa shape index (κ2) is 7.30. The Morgan fingerprint density at radius 3 is 2.36 bits per heavy atom. The van der Waals surface area contributed by atoms with Gasteiger partial charge in [-0.2, -0.15) is 0 Å². The van der Waals surface area contributed by atoms with Crippen molar-refractivity contribution in [3.63, 3.8) is 0 Å². The van der Waals surface area contributed by atoms with E-state index in [9.17, 15) is 13.2 Å². The lowest BCUT2D eigenvalue weighted by molar-refractivity contribution is -0.124. The molecule has 0 unspecified atom stereocenters. The summed E-state index contributed by atoms with van der Waals surface area (Å²) in [4.78, 5) is 13.7. The molecule has 1 aromatic heterocycles. The molecule has 1 N–H and O–H groups in total. The fraction of sp³-hybridized carbons (Fsp3) is 0.421. The summed E-state index contributed by atoms with van der Waals surface area (Å²) in [5, 5.41) is 5.05. The van der Waals surface area contributed by atoms with Crippen LogP contribution in [0, 0.1) is 5.92 Å². The monoisotopic (exact) mass is 377 g/mol. The summed E-state index contributed by atoms with van der Waals surface area (Å²) >= 11 is 1.59. The molecule has 6 heteroatoms. The highest BCUT2D eigenvalue weighted by molar-refractivity contribution is 7.91. The van der Waals surface area contributed by atoms with Crippen LogP contribution in [0.4, 0.5) is 0 Å². The highest BCUT2D eigenvalue weighted by Gasteiger charge is 2.34. The third-order valence-electron chi connectivity index (χ3n) is 4.65. The molecule has 4 nitrogen and oxygen atoms in total. The zero-order valence-corrected chi connectivity index (χ0v) is 16.1. The quantitative estimate of drug-likeness (QED) is 0.867. The van der Waals surface area contributed by atoms with Crippen molar-refractivity contribution in [2.45, 2.75) is 32.2 Å². The van der Waals surface area contributed by atoms with E-state index in [1.807, 2.05) is 29.6 Å². The van der Waals surface area contributed by atoms with E-state index in [0.29, 0.717) is 12.3 Å². The lowest BCUT2D eigenvalue weighted by Crippen LogP contribution is -2.34. The first-order valence-corrected chi connectivity index (χ1v) is 11.2. The topological polar surface area (TPSA) is 63.2 Å². The first-order chi connectivity index (χ1) is 11.9. The summed E-state index contributed by atoms with van der Waals surface area (Å²) in [6.07, 6.45) is 0.414. The van der Waals surface area contributed by atoms with Gasteiger partial charge in [0.1, 0.15) is 0 Å². The number of hydrogen-bond donors (Lipinski definition) is 1. The Labute approximate surface area is 153 Å². The Balaban J connectivity index is 1.82. The lowest BCUT2D eigenvalue weighted by Gasteiger charge is -2.20. The third-order valence-corrected chi connectivity index (χ3v) is 7.36. The molecule has 2 heterocycles. The van der Waals surface area contributed by atoms with Gasteiger partial charge in [-0.15, -0.1) is 11.3 Å². The second-order valence-corrected chi connectivity index (χ2v) is 10.1. The SMILES string of the molecule is CC(C)c1ccc([C@H](NC(=O)[C@@H]2CCS(=O)(=O)C2)c2cccs2)cc1. The van der Waals surface area contributed by atoms with Crippen molar-refractivity contribution in [2.24, 2.45) is 5.92 Å². The van der Waals surface area contributed by atoms with Crippen molar-refractivity contribution in [1.29, 1.82) is 0 Å². The molecule has 0 radical (unpaired) electrons. The molecule has 25 heavy (non-hydrogen) atoms. The number of carbonyl (C=O) groups excluding carboxylic acids is 1. The summed E-state index contributed by atoms with van der Waals surface area (Å²) in [6.45, 7) is 4.29. The molecule has 134 valence electrons. The van der Waals surface area contributed by atoms with Gasteiger partial charge in [-0.1, -0.05) is 44.2 Å². The number of benzene rings is 1. The van der Waals surface area contributed by atoms with Gasteiger partial charge in [0.25, 0.3) is 0 Å². The average molecular weight is 378 g/mol. The summed E-state index contributed by atoms with van der Waals surface area (Å²) < 4.78 is 23.3. The molecule has 1 saturated heterocycles. The molecule has 1 fully saturated rings. The van der Waals surface area contributed by atoms with E-state index in [2.05, 4.69) is 31.3 Å². The van der Waals surface area contributed by atoms with Crippen LogP contribution in [0.25, 0.3) is 0 Å². The largest absolute Gasteiger partial charge is 0.344 e. The number of nitrogens with one attached hydrogen (secondary N) is 1. The van der Waals surface area contributed by atoms with Crippen molar-refractivity contribution in [3.8, 4) is 0 Å². The van der Waals surface area contributed by atoms with Gasteiger partial charge < -0.3 is 5.32 Å². The van der Waals surface area contributed by atoms with Crippen LogP contribution in [0.3, 0.4) is 0 Å². The standard InChI is InChI=1S/C19H23NO3S2/c1-13(2)14-5-7-15(8-6-14)18(17-4-3-10-24-17)20-19(21)16-9-11-25(22,23)12-16/h3-8,10,13,16,18H,9,11-12H2,1-2H3,(H,20,21)/t16-,18+/m1/s1. The van der Waals surface area contributed by atoms with Crippen molar-refractivity contribution < 1.29 is 13.2 Å². The first kappa shape index (κ1) is 18.1. The minimum absolute atomic E-state index is 0.0394. The van der Waals surface area contributed by atoms with Crippen LogP contribution >= 0.6 is 11.3 Å². The number of rotatable bonds is 5. The van der Waals surface area contributed by atoms with E-state index in [0.717, 1.165) is 10.4 Å². The van der Waals surface area contributed by atoms with Crippen LogP contribution in [0.1, 0.15) is 48.2 Å². The Morgan fingerprint density at radius 2 is 1.84 bits per heavy atom. The lowest BCUT2D eigenvalue weighted by atomic mass is 9.98. The van der Waals surface area contributed by atoms with Crippen LogP contribution < -0.4 is 5.32 Å². The maximum Gasteiger partial charge on any atom is 0.224 e. The molecule has 1 aliphatic heterocycles. The number of carbonyl (C=O) groups is 1. The smallest absolute Gasteiger partial charge is 0.224 e. The van der Waals surface area contributed by atoms with Gasteiger partial charge in [0.2, 0.25) is 5.91 Å². The van der Waals surface area contributed by atoms with Gasteiger partial charge in [-0.05, 0) is 34.9 Å². The van der Waals surface area contributed by atoms with Gasteiger partial charge in [0.05, 0.1) is 23.5 Å². The molecule has 1 amide bonds. The summed E-state index contributed by atoms with van der Waals surface area (Å²) in [5.74, 6) is -0.0949. The number of amides is 1. The second-order valence-electron chi connectivity index (χ2n) is 6.88. The van der Waals surface area contributed by atoms with Gasteiger partial charge in [-0.3, -0.25) is 4.79 Å². The Kier molecular flexibility index (Phi) is 5.29. The normalized spacial score (nSPS) is 20.5. The molecule has 3 rings (SSSR count). The predicted molar refractivity (Wildman–Crippen MR) is 102 cm³/mol.